The molecule has 2 atom stereocenters. The number of para-hydroxylation sites is 1. The van der Waals surface area contributed by atoms with Gasteiger partial charge in [0.2, 0.25) is 11.8 Å². The molecule has 0 saturated carbocycles. The number of nitrogens with zero attached hydrogens (tertiary/aromatic N) is 2. The number of ether oxygens (including phenoxy) is 2. The van der Waals surface area contributed by atoms with Crippen LogP contribution >= 0.6 is 0 Å². The lowest BCUT2D eigenvalue weighted by molar-refractivity contribution is -0.150. The molecule has 174 valence electrons. The molecule has 0 fully saturated rings. The van der Waals surface area contributed by atoms with Gasteiger partial charge in [0.05, 0.1) is 12.2 Å². The van der Waals surface area contributed by atoms with Gasteiger partial charge in [-0.25, -0.2) is 0 Å². The van der Waals surface area contributed by atoms with Crippen molar-refractivity contribution in [3.8, 4) is 5.75 Å². The minimum absolute atomic E-state index is 0.0736. The van der Waals surface area contributed by atoms with E-state index in [4.69, 9.17) is 14.9 Å². The van der Waals surface area contributed by atoms with Crippen LogP contribution in [0.25, 0.3) is 0 Å². The standard InChI is InChI=1S/C25H29N3O5/c1-6-27-15(5)12-18-19(22(27)29)25(20(21(26)33-18)23(30)32-7-2)16-10-8-9-11-17(16)28(24(25)31)13-14(3)4/h8-12,14,20,26H,6-7,13H2,1-5H3. The number of benzene rings is 1. The number of hydrogen-bond donors (Lipinski definition) is 1. The average molecular weight is 452 g/mol. The zero-order valence-electron chi connectivity index (χ0n) is 19.6. The second-order valence-corrected chi connectivity index (χ2v) is 8.86. The van der Waals surface area contributed by atoms with Crippen molar-refractivity contribution in [1.82, 2.24) is 4.57 Å². The molecule has 1 spiro atoms. The van der Waals surface area contributed by atoms with E-state index in [9.17, 15) is 14.4 Å². The summed E-state index contributed by atoms with van der Waals surface area (Å²) in [5.41, 5.74) is -0.238. The van der Waals surface area contributed by atoms with Gasteiger partial charge in [0, 0.05) is 30.5 Å². The number of nitrogens with one attached hydrogen (secondary N) is 1. The van der Waals surface area contributed by atoms with Gasteiger partial charge in [0.15, 0.2) is 5.92 Å². The summed E-state index contributed by atoms with van der Waals surface area (Å²) in [7, 11) is 0. The number of amides is 1. The molecule has 1 N–H and O–H groups in total. The molecule has 1 aromatic carbocycles. The SMILES string of the molecule is CCOC(=O)C1C(=N)Oc2cc(C)n(CC)c(=O)c2C12C(=O)N(CC(C)C)c1ccccc12. The molecule has 2 unspecified atom stereocenters. The molecule has 0 saturated heterocycles. The molecule has 8 heteroatoms. The summed E-state index contributed by atoms with van der Waals surface area (Å²) in [4.78, 5) is 43.1. The minimum atomic E-state index is -1.73. The summed E-state index contributed by atoms with van der Waals surface area (Å²) in [6, 6.07) is 8.84. The van der Waals surface area contributed by atoms with Crippen LogP contribution in [0.4, 0.5) is 5.69 Å². The third-order valence-corrected chi connectivity index (χ3v) is 6.37. The fourth-order valence-corrected chi connectivity index (χ4v) is 5.15. The van der Waals surface area contributed by atoms with E-state index in [0.29, 0.717) is 30.0 Å². The van der Waals surface area contributed by atoms with Gasteiger partial charge in [-0.1, -0.05) is 32.0 Å². The fraction of sp³-hybridized carbons (Fsp3) is 0.440. The third kappa shape index (κ3) is 3.11. The molecule has 8 nitrogen and oxygen atoms in total. The number of carbonyl (C=O) groups excluding carboxylic acids is 2. The van der Waals surface area contributed by atoms with Crippen LogP contribution in [0.3, 0.4) is 0 Å². The first-order valence-corrected chi connectivity index (χ1v) is 11.3. The van der Waals surface area contributed by atoms with Crippen LogP contribution < -0.4 is 15.2 Å². The molecular formula is C25H29N3O5. The molecule has 1 amide bonds. The topological polar surface area (TPSA) is 102 Å². The van der Waals surface area contributed by atoms with Gasteiger partial charge in [-0.05, 0) is 38.3 Å². The first kappa shape index (κ1) is 22.8. The lowest BCUT2D eigenvalue weighted by Crippen LogP contribution is -2.58. The van der Waals surface area contributed by atoms with E-state index in [2.05, 4.69) is 0 Å². The van der Waals surface area contributed by atoms with E-state index in [0.717, 1.165) is 0 Å². The Kier molecular flexibility index (Phi) is 5.64. The minimum Gasteiger partial charge on any atom is -0.465 e. The van der Waals surface area contributed by atoms with Gasteiger partial charge in [-0.2, -0.15) is 0 Å². The Balaban J connectivity index is 2.15. The van der Waals surface area contributed by atoms with Crippen LogP contribution in [0, 0.1) is 24.2 Å². The van der Waals surface area contributed by atoms with Crippen molar-refractivity contribution in [2.45, 2.75) is 46.6 Å². The zero-order chi connectivity index (χ0) is 24.1. The molecule has 2 aromatic rings. The quantitative estimate of drug-likeness (QED) is 0.704. The number of aromatic nitrogens is 1. The number of esters is 1. The smallest absolute Gasteiger partial charge is 0.320 e. The van der Waals surface area contributed by atoms with E-state index in [1.165, 1.54) is 0 Å². The molecule has 4 rings (SSSR count). The Hall–Kier alpha value is -3.42. The largest absolute Gasteiger partial charge is 0.465 e. The number of pyridine rings is 1. The lowest BCUT2D eigenvalue weighted by atomic mass is 9.64. The number of fused-ring (bicyclic) bond motifs is 4. The summed E-state index contributed by atoms with van der Waals surface area (Å²) < 4.78 is 12.6. The van der Waals surface area contributed by atoms with Crippen molar-refractivity contribution in [2.75, 3.05) is 18.1 Å². The van der Waals surface area contributed by atoms with E-state index in [1.807, 2.05) is 32.9 Å². The second-order valence-electron chi connectivity index (χ2n) is 8.86. The fourth-order valence-electron chi connectivity index (χ4n) is 5.15. The van der Waals surface area contributed by atoms with Crippen LogP contribution in [0.1, 0.15) is 44.5 Å². The normalized spacial score (nSPS) is 21.3. The van der Waals surface area contributed by atoms with E-state index >= 15 is 0 Å². The van der Waals surface area contributed by atoms with Crippen molar-refractivity contribution in [3.63, 3.8) is 0 Å². The van der Waals surface area contributed by atoms with Gasteiger partial charge < -0.3 is 18.9 Å². The van der Waals surface area contributed by atoms with Crippen LogP contribution in [0.15, 0.2) is 35.1 Å². The number of carbonyl (C=O) groups is 2. The number of aryl methyl sites for hydroxylation is 1. The van der Waals surface area contributed by atoms with Gasteiger partial charge in [-0.3, -0.25) is 19.8 Å². The Morgan fingerprint density at radius 3 is 2.58 bits per heavy atom. The van der Waals surface area contributed by atoms with E-state index in [-0.39, 0.29) is 23.8 Å². The number of hydrogen-bond acceptors (Lipinski definition) is 6. The summed E-state index contributed by atoms with van der Waals surface area (Å²) in [6.45, 7) is 10.1. The summed E-state index contributed by atoms with van der Waals surface area (Å²) >= 11 is 0. The van der Waals surface area contributed by atoms with Gasteiger partial charge in [0.25, 0.3) is 5.56 Å². The second kappa shape index (κ2) is 8.17. The molecule has 0 radical (unpaired) electrons. The molecule has 3 heterocycles. The molecule has 0 bridgehead atoms. The van der Waals surface area contributed by atoms with E-state index in [1.54, 1.807) is 41.5 Å². The summed E-state index contributed by atoms with van der Waals surface area (Å²) in [5.74, 6) is -2.69. The predicted octanol–water partition coefficient (Wildman–Crippen LogP) is 3.01. The summed E-state index contributed by atoms with van der Waals surface area (Å²) in [5, 5.41) is 8.65. The monoisotopic (exact) mass is 451 g/mol. The van der Waals surface area contributed by atoms with Crippen molar-refractivity contribution >= 4 is 23.5 Å². The predicted molar refractivity (Wildman–Crippen MR) is 124 cm³/mol. The van der Waals surface area contributed by atoms with Crippen molar-refractivity contribution in [1.29, 1.82) is 5.41 Å². The number of rotatable bonds is 5. The van der Waals surface area contributed by atoms with Crippen LogP contribution in [0.5, 0.6) is 5.75 Å². The van der Waals surface area contributed by atoms with Crippen LogP contribution in [0.2, 0.25) is 0 Å². The zero-order valence-corrected chi connectivity index (χ0v) is 19.6. The maximum Gasteiger partial charge on any atom is 0.320 e. The Morgan fingerprint density at radius 1 is 1.24 bits per heavy atom. The summed E-state index contributed by atoms with van der Waals surface area (Å²) in [6.07, 6.45) is 0. The molecule has 0 aliphatic carbocycles. The average Bonchev–Trinajstić information content (AvgIpc) is 2.97. The Labute approximate surface area is 192 Å². The third-order valence-electron chi connectivity index (χ3n) is 6.37. The van der Waals surface area contributed by atoms with Gasteiger partial charge >= 0.3 is 5.97 Å². The van der Waals surface area contributed by atoms with Gasteiger partial charge in [0.1, 0.15) is 11.2 Å². The van der Waals surface area contributed by atoms with Crippen molar-refractivity contribution in [3.05, 3.63) is 57.5 Å². The first-order chi connectivity index (χ1) is 15.7. The first-order valence-electron chi connectivity index (χ1n) is 11.3. The highest BCUT2D eigenvalue weighted by Gasteiger charge is 2.66. The highest BCUT2D eigenvalue weighted by atomic mass is 16.5. The van der Waals surface area contributed by atoms with Crippen molar-refractivity contribution in [2.24, 2.45) is 11.8 Å². The van der Waals surface area contributed by atoms with E-state index < -0.39 is 34.7 Å². The number of anilines is 1. The van der Waals surface area contributed by atoms with Gasteiger partial charge in [-0.15, -0.1) is 0 Å². The Bertz CT molecular complexity index is 1220. The van der Waals surface area contributed by atoms with Crippen LogP contribution in [-0.2, 0) is 26.3 Å². The van der Waals surface area contributed by atoms with Crippen LogP contribution in [-0.4, -0.2) is 35.5 Å². The maximum atomic E-state index is 14.4. The highest BCUT2D eigenvalue weighted by Crippen LogP contribution is 2.54. The van der Waals surface area contributed by atoms with Crippen molar-refractivity contribution < 1.29 is 19.1 Å². The molecule has 2 aliphatic heterocycles. The molecule has 1 aromatic heterocycles. The molecule has 2 aliphatic rings. The Morgan fingerprint density at radius 2 is 1.94 bits per heavy atom. The lowest BCUT2D eigenvalue weighted by Gasteiger charge is -2.39. The molecular weight excluding hydrogens is 422 g/mol. The highest BCUT2D eigenvalue weighted by molar-refractivity contribution is 6.18. The maximum absolute atomic E-state index is 14.4. The molecule has 33 heavy (non-hydrogen) atoms.